The van der Waals surface area contributed by atoms with Crippen LogP contribution >= 0.6 is 0 Å². The second-order valence-corrected chi connectivity index (χ2v) is 8.86. The Labute approximate surface area is 246 Å². The number of aliphatic imine (C=N–C) groups is 1. The Morgan fingerprint density at radius 1 is 0.744 bits per heavy atom. The van der Waals surface area contributed by atoms with Gasteiger partial charge in [0.2, 0.25) is 25.5 Å². The first kappa shape index (κ1) is 33.7. The molecule has 0 spiro atoms. The standard InChI is InChI=1S/C28H32N4O11/c1-18(13-22(25(36)37)30-19(2)33)29-26(31-27(38)42-16-40-23(34)14-20-9-5-3-6-10-20)32-28(39)43-17-41-24(35)15-21-11-7-4-8-12-21/h3-12,18,22H,13-17H2,1-2H3,(H,30,33)(H,36,37)(H2,29,31,32,38,39). The third kappa shape index (κ3) is 14.6. The molecule has 2 aromatic carbocycles. The van der Waals surface area contributed by atoms with Crippen LogP contribution in [0.25, 0.3) is 0 Å². The number of nitrogens with one attached hydrogen (secondary N) is 3. The van der Waals surface area contributed by atoms with Crippen molar-refractivity contribution in [2.24, 2.45) is 4.99 Å². The van der Waals surface area contributed by atoms with Gasteiger partial charge in [-0.2, -0.15) is 0 Å². The van der Waals surface area contributed by atoms with Gasteiger partial charge in [-0.25, -0.2) is 19.4 Å². The summed E-state index contributed by atoms with van der Waals surface area (Å²) in [7, 11) is 0. The van der Waals surface area contributed by atoms with Crippen LogP contribution in [0.1, 0.15) is 31.4 Å². The average Bonchev–Trinajstić information content (AvgIpc) is 2.93. The van der Waals surface area contributed by atoms with Crippen LogP contribution in [0, 0.1) is 0 Å². The van der Waals surface area contributed by atoms with Gasteiger partial charge in [0.15, 0.2) is 0 Å². The number of carboxylic acid groups (broad SMARTS) is 1. The highest BCUT2D eigenvalue weighted by Crippen LogP contribution is 2.05. The maximum atomic E-state index is 12.3. The molecule has 0 fully saturated rings. The summed E-state index contributed by atoms with van der Waals surface area (Å²) in [5.74, 6) is -3.77. The lowest BCUT2D eigenvalue weighted by molar-refractivity contribution is -0.152. The second kappa shape index (κ2) is 18.1. The fraction of sp³-hybridized carbons (Fsp3) is 0.321. The third-order valence-corrected chi connectivity index (χ3v) is 5.25. The van der Waals surface area contributed by atoms with Crippen LogP contribution in [0.4, 0.5) is 9.59 Å². The highest BCUT2D eigenvalue weighted by molar-refractivity contribution is 6.01. The smallest absolute Gasteiger partial charge is 0.416 e. The van der Waals surface area contributed by atoms with Crippen molar-refractivity contribution in [2.45, 2.75) is 45.2 Å². The Bertz CT molecular complexity index is 1210. The topological polar surface area (TPSA) is 208 Å². The number of rotatable bonds is 13. The maximum absolute atomic E-state index is 12.3. The van der Waals surface area contributed by atoms with Crippen LogP contribution in [0.15, 0.2) is 65.7 Å². The summed E-state index contributed by atoms with van der Waals surface area (Å²) >= 11 is 0. The molecule has 2 aromatic rings. The molecule has 0 saturated heterocycles. The van der Waals surface area contributed by atoms with Crippen LogP contribution in [0.5, 0.6) is 0 Å². The van der Waals surface area contributed by atoms with Gasteiger partial charge in [0.25, 0.3) is 0 Å². The number of hydrogen-bond acceptors (Lipinski definition) is 11. The first-order chi connectivity index (χ1) is 20.5. The molecule has 0 aliphatic carbocycles. The van der Waals surface area contributed by atoms with Gasteiger partial charge in [-0.1, -0.05) is 60.7 Å². The van der Waals surface area contributed by atoms with Crippen LogP contribution in [-0.2, 0) is 51.0 Å². The fourth-order valence-electron chi connectivity index (χ4n) is 3.37. The molecule has 0 heterocycles. The Balaban J connectivity index is 1.94. The van der Waals surface area contributed by atoms with Gasteiger partial charge in [-0.05, 0) is 18.1 Å². The van der Waals surface area contributed by atoms with Crippen LogP contribution in [0.3, 0.4) is 0 Å². The van der Waals surface area contributed by atoms with Crippen LogP contribution in [-0.4, -0.2) is 72.7 Å². The molecular formula is C28H32N4O11. The molecule has 0 aliphatic rings. The first-order valence-corrected chi connectivity index (χ1v) is 12.9. The van der Waals surface area contributed by atoms with E-state index in [1.165, 1.54) is 6.92 Å². The molecule has 0 saturated carbocycles. The lowest BCUT2D eigenvalue weighted by atomic mass is 10.1. The minimum absolute atomic E-state index is 0.0571. The van der Waals surface area contributed by atoms with E-state index in [9.17, 15) is 33.9 Å². The van der Waals surface area contributed by atoms with Crippen LogP contribution < -0.4 is 16.0 Å². The fourth-order valence-corrected chi connectivity index (χ4v) is 3.37. The number of carboxylic acids is 1. The molecule has 4 N–H and O–H groups in total. The quantitative estimate of drug-likeness (QED) is 0.112. The maximum Gasteiger partial charge on any atom is 0.416 e. The van der Waals surface area contributed by atoms with E-state index in [2.05, 4.69) is 20.9 Å². The van der Waals surface area contributed by atoms with Crippen molar-refractivity contribution >= 4 is 42.0 Å². The van der Waals surface area contributed by atoms with Gasteiger partial charge < -0.3 is 29.4 Å². The number of carbonyl (C=O) groups is 6. The zero-order valence-corrected chi connectivity index (χ0v) is 23.4. The van der Waals surface area contributed by atoms with E-state index >= 15 is 0 Å². The van der Waals surface area contributed by atoms with Crippen molar-refractivity contribution in [1.82, 2.24) is 16.0 Å². The predicted octanol–water partition coefficient (Wildman–Crippen LogP) is 1.65. The number of carbonyl (C=O) groups excluding carboxylic acids is 5. The van der Waals surface area contributed by atoms with Crippen molar-refractivity contribution < 1.29 is 52.8 Å². The minimum Gasteiger partial charge on any atom is -0.480 e. The van der Waals surface area contributed by atoms with E-state index in [0.717, 1.165) is 6.92 Å². The number of aliphatic carboxylic acids is 1. The van der Waals surface area contributed by atoms with Crippen LogP contribution in [0.2, 0.25) is 0 Å². The number of amides is 3. The molecule has 0 bridgehead atoms. The number of esters is 2. The van der Waals surface area contributed by atoms with Gasteiger partial charge in [0.05, 0.1) is 18.9 Å². The van der Waals surface area contributed by atoms with Gasteiger partial charge in [0.1, 0.15) is 6.04 Å². The SMILES string of the molecule is CC(=O)NC(CC(C)N=C(NC(=O)OCOC(=O)Cc1ccccc1)NC(=O)OCOC(=O)Cc1ccccc1)C(=O)O. The van der Waals surface area contributed by atoms with Crippen molar-refractivity contribution in [3.63, 3.8) is 0 Å². The zero-order valence-electron chi connectivity index (χ0n) is 23.4. The number of nitrogens with zero attached hydrogens (tertiary/aromatic N) is 1. The van der Waals surface area contributed by atoms with E-state index in [4.69, 9.17) is 18.9 Å². The normalized spacial score (nSPS) is 11.5. The molecule has 15 nitrogen and oxygen atoms in total. The lowest BCUT2D eigenvalue weighted by Gasteiger charge is -2.17. The highest BCUT2D eigenvalue weighted by atomic mass is 16.7. The summed E-state index contributed by atoms with van der Waals surface area (Å²) in [6.07, 6.45) is -2.72. The molecule has 2 unspecified atom stereocenters. The van der Waals surface area contributed by atoms with Crippen molar-refractivity contribution in [2.75, 3.05) is 13.6 Å². The summed E-state index contributed by atoms with van der Waals surface area (Å²) in [5, 5.41) is 15.8. The van der Waals surface area contributed by atoms with Gasteiger partial charge in [-0.3, -0.25) is 25.0 Å². The van der Waals surface area contributed by atoms with Crippen molar-refractivity contribution in [1.29, 1.82) is 0 Å². The summed E-state index contributed by atoms with van der Waals surface area (Å²) in [5.41, 5.74) is 1.38. The Hall–Kier alpha value is -5.47. The third-order valence-electron chi connectivity index (χ3n) is 5.25. The van der Waals surface area contributed by atoms with Gasteiger partial charge in [0, 0.05) is 13.3 Å². The molecule has 0 aromatic heterocycles. The monoisotopic (exact) mass is 600 g/mol. The van der Waals surface area contributed by atoms with E-state index < -0.39 is 67.6 Å². The summed E-state index contributed by atoms with van der Waals surface area (Å²) in [4.78, 5) is 75.3. The molecule has 3 amide bonds. The van der Waals surface area contributed by atoms with Gasteiger partial charge in [-0.15, -0.1) is 0 Å². The predicted molar refractivity (Wildman–Crippen MR) is 148 cm³/mol. The summed E-state index contributed by atoms with van der Waals surface area (Å²) in [6.45, 7) is 1.08. The minimum atomic E-state index is -1.33. The Morgan fingerprint density at radius 3 is 1.58 bits per heavy atom. The number of alkyl carbamates (subject to hydrolysis) is 2. The molecule has 15 heteroatoms. The number of guanidine groups is 1. The van der Waals surface area contributed by atoms with E-state index in [1.807, 2.05) is 0 Å². The van der Waals surface area contributed by atoms with Gasteiger partial charge >= 0.3 is 30.1 Å². The van der Waals surface area contributed by atoms with E-state index in [-0.39, 0.29) is 19.3 Å². The van der Waals surface area contributed by atoms with Crippen molar-refractivity contribution in [3.05, 3.63) is 71.8 Å². The second-order valence-electron chi connectivity index (χ2n) is 8.86. The van der Waals surface area contributed by atoms with E-state index in [1.54, 1.807) is 60.7 Å². The first-order valence-electron chi connectivity index (χ1n) is 12.9. The Morgan fingerprint density at radius 2 is 1.19 bits per heavy atom. The molecule has 2 atom stereocenters. The molecule has 0 aliphatic heterocycles. The molecular weight excluding hydrogens is 568 g/mol. The molecule has 230 valence electrons. The lowest BCUT2D eigenvalue weighted by Crippen LogP contribution is -2.46. The number of ether oxygens (including phenoxy) is 4. The zero-order chi connectivity index (χ0) is 31.6. The summed E-state index contributed by atoms with van der Waals surface area (Å²) in [6, 6.07) is 15.2. The van der Waals surface area contributed by atoms with E-state index in [0.29, 0.717) is 11.1 Å². The largest absolute Gasteiger partial charge is 0.480 e. The Kier molecular flexibility index (Phi) is 14.2. The number of benzene rings is 2. The highest BCUT2D eigenvalue weighted by Gasteiger charge is 2.22. The molecule has 0 radical (unpaired) electrons. The molecule has 2 rings (SSSR count). The average molecular weight is 601 g/mol. The van der Waals surface area contributed by atoms with Crippen molar-refractivity contribution in [3.8, 4) is 0 Å². The molecule has 43 heavy (non-hydrogen) atoms. The number of hydrogen-bond donors (Lipinski definition) is 4. The summed E-state index contributed by atoms with van der Waals surface area (Å²) < 4.78 is 19.3.